The topological polar surface area (TPSA) is 83.3 Å². The molecule has 3 fully saturated rings. The van der Waals surface area contributed by atoms with E-state index >= 15 is 4.39 Å². The van der Waals surface area contributed by atoms with Gasteiger partial charge in [0.25, 0.3) is 5.56 Å². The molecular weight excluding hydrogens is 457 g/mol. The molecule has 2 N–H and O–H groups in total. The van der Waals surface area contributed by atoms with Crippen molar-refractivity contribution in [2.24, 2.45) is 17.8 Å². The molecular formula is C28H34FN5O2. The molecule has 1 aliphatic heterocycles. The monoisotopic (exact) mass is 491 g/mol. The summed E-state index contributed by atoms with van der Waals surface area (Å²) in [5.74, 6) is 1.83. The van der Waals surface area contributed by atoms with E-state index in [0.29, 0.717) is 35.0 Å². The summed E-state index contributed by atoms with van der Waals surface area (Å²) in [6, 6.07) is 8.82. The molecule has 0 amide bonds. The summed E-state index contributed by atoms with van der Waals surface area (Å²) in [6.07, 6.45) is 10.4. The van der Waals surface area contributed by atoms with E-state index in [4.69, 9.17) is 10.1 Å². The molecule has 1 aromatic carbocycles. The van der Waals surface area contributed by atoms with Crippen LogP contribution in [0.5, 0.6) is 0 Å². The summed E-state index contributed by atoms with van der Waals surface area (Å²) >= 11 is 0. The first-order valence-electron chi connectivity index (χ1n) is 13.4. The van der Waals surface area contributed by atoms with Crippen LogP contribution in [0.2, 0.25) is 0 Å². The van der Waals surface area contributed by atoms with Crippen molar-refractivity contribution in [1.29, 1.82) is 0 Å². The van der Waals surface area contributed by atoms with Gasteiger partial charge in [0.2, 0.25) is 5.95 Å². The molecule has 3 aliphatic rings. The van der Waals surface area contributed by atoms with Crippen LogP contribution in [0.4, 0.5) is 21.7 Å². The average molecular weight is 492 g/mol. The highest BCUT2D eigenvalue weighted by atomic mass is 19.1. The van der Waals surface area contributed by atoms with E-state index in [1.807, 2.05) is 10.6 Å². The smallest absolute Gasteiger partial charge is 0.252 e. The van der Waals surface area contributed by atoms with Gasteiger partial charge in [0.15, 0.2) is 0 Å². The number of benzene rings is 1. The van der Waals surface area contributed by atoms with E-state index in [9.17, 15) is 4.79 Å². The Hall–Kier alpha value is -3.00. The van der Waals surface area contributed by atoms with E-state index in [-0.39, 0.29) is 24.0 Å². The van der Waals surface area contributed by atoms with Crippen molar-refractivity contribution in [2.75, 3.05) is 29.9 Å². The van der Waals surface area contributed by atoms with Crippen molar-refractivity contribution in [3.05, 3.63) is 52.7 Å². The Morgan fingerprint density at radius 1 is 1.08 bits per heavy atom. The van der Waals surface area contributed by atoms with Gasteiger partial charge < -0.3 is 15.3 Å². The lowest BCUT2D eigenvalue weighted by Crippen LogP contribution is -2.33. The molecule has 6 rings (SSSR count). The van der Waals surface area contributed by atoms with Gasteiger partial charge in [-0.05, 0) is 87.0 Å². The lowest BCUT2D eigenvalue weighted by Gasteiger charge is -2.33. The van der Waals surface area contributed by atoms with Crippen molar-refractivity contribution in [1.82, 2.24) is 14.5 Å². The maximum absolute atomic E-state index is 15.1. The van der Waals surface area contributed by atoms with Crippen LogP contribution in [0, 0.1) is 23.6 Å². The number of halogens is 1. The number of fused-ring (bicyclic) bond motifs is 3. The summed E-state index contributed by atoms with van der Waals surface area (Å²) in [5.41, 5.74) is 1.79. The number of aliphatic hydroxyl groups is 1. The van der Waals surface area contributed by atoms with Crippen LogP contribution in [0.3, 0.4) is 0 Å². The first kappa shape index (κ1) is 23.4. The van der Waals surface area contributed by atoms with Gasteiger partial charge in [-0.1, -0.05) is 6.42 Å². The fraction of sp³-hybridized carbons (Fsp3) is 0.536. The van der Waals surface area contributed by atoms with Crippen molar-refractivity contribution in [3.63, 3.8) is 0 Å². The molecule has 3 aromatic rings. The van der Waals surface area contributed by atoms with Crippen LogP contribution < -0.4 is 15.8 Å². The van der Waals surface area contributed by atoms with Crippen LogP contribution >= 0.6 is 0 Å². The summed E-state index contributed by atoms with van der Waals surface area (Å²) in [6.45, 7) is 2.05. The average Bonchev–Trinajstić information content (AvgIpc) is 3.53. The van der Waals surface area contributed by atoms with Gasteiger partial charge in [0.05, 0.1) is 5.69 Å². The van der Waals surface area contributed by atoms with Crippen LogP contribution in [0.15, 0.2) is 41.3 Å². The van der Waals surface area contributed by atoms with Gasteiger partial charge in [0, 0.05) is 49.1 Å². The third kappa shape index (κ3) is 4.47. The second kappa shape index (κ2) is 9.81. The van der Waals surface area contributed by atoms with Crippen LogP contribution in [0.25, 0.3) is 11.0 Å². The molecule has 2 saturated carbocycles. The van der Waals surface area contributed by atoms with Gasteiger partial charge in [-0.15, -0.1) is 0 Å². The maximum atomic E-state index is 15.1. The van der Waals surface area contributed by atoms with Gasteiger partial charge in [-0.25, -0.2) is 9.37 Å². The standard InChI is InChI=1S/C28H34FN5O2/c29-23-16-22(33-11-9-18(10-12-33)2-1-13-35)6-7-24(23)31-28-30-17-21-5-8-26(36)34(27(21)32-28)25-15-19-3-4-20(25)14-19/h5-8,16-20,25,35H,1-4,9-15H2,(H,30,31,32)/t19?,20?,25-/m1/s1. The number of anilines is 3. The Bertz CT molecular complexity index is 1300. The molecule has 190 valence electrons. The molecule has 7 nitrogen and oxygen atoms in total. The van der Waals surface area contributed by atoms with E-state index in [2.05, 4.69) is 15.2 Å². The fourth-order valence-electron chi connectivity index (χ4n) is 6.73. The molecule has 3 heterocycles. The molecule has 0 radical (unpaired) electrons. The predicted octanol–water partition coefficient (Wildman–Crippen LogP) is 5.02. The Morgan fingerprint density at radius 2 is 1.94 bits per heavy atom. The predicted molar refractivity (Wildman–Crippen MR) is 139 cm³/mol. The third-order valence-corrected chi connectivity index (χ3v) is 8.65. The largest absolute Gasteiger partial charge is 0.396 e. The van der Waals surface area contributed by atoms with Crippen molar-refractivity contribution in [3.8, 4) is 0 Å². The minimum Gasteiger partial charge on any atom is -0.396 e. The minimum atomic E-state index is -0.350. The quantitative estimate of drug-likeness (QED) is 0.483. The summed E-state index contributed by atoms with van der Waals surface area (Å²) in [4.78, 5) is 24.2. The Kier molecular flexibility index (Phi) is 6.37. The first-order valence-corrected chi connectivity index (χ1v) is 13.4. The highest BCUT2D eigenvalue weighted by Gasteiger charge is 2.41. The zero-order chi connectivity index (χ0) is 24.6. The second-order valence-corrected chi connectivity index (χ2v) is 10.8. The number of nitrogens with zero attached hydrogens (tertiary/aromatic N) is 4. The number of aromatic nitrogens is 3. The second-order valence-electron chi connectivity index (χ2n) is 10.8. The lowest BCUT2D eigenvalue weighted by atomic mass is 9.92. The zero-order valence-corrected chi connectivity index (χ0v) is 20.6. The molecule has 3 atom stereocenters. The summed E-state index contributed by atoms with van der Waals surface area (Å²) in [5, 5.41) is 12.9. The third-order valence-electron chi connectivity index (χ3n) is 8.65. The van der Waals surface area contributed by atoms with Gasteiger partial charge in [0.1, 0.15) is 11.5 Å². The Morgan fingerprint density at radius 3 is 2.67 bits per heavy atom. The molecule has 2 aromatic heterocycles. The molecule has 8 heteroatoms. The molecule has 0 spiro atoms. The minimum absolute atomic E-state index is 0.0274. The summed E-state index contributed by atoms with van der Waals surface area (Å²) in [7, 11) is 0. The number of piperidine rings is 1. The maximum Gasteiger partial charge on any atom is 0.252 e. The molecule has 2 bridgehead atoms. The fourth-order valence-corrected chi connectivity index (χ4v) is 6.73. The molecule has 2 unspecified atom stereocenters. The van der Waals surface area contributed by atoms with Crippen LogP contribution in [-0.2, 0) is 0 Å². The number of nitrogens with one attached hydrogen (secondary N) is 1. The Labute approximate surface area is 210 Å². The van der Waals surface area contributed by atoms with E-state index < -0.39 is 0 Å². The highest BCUT2D eigenvalue weighted by molar-refractivity contribution is 5.76. The number of pyridine rings is 1. The van der Waals surface area contributed by atoms with Gasteiger partial charge >= 0.3 is 0 Å². The van der Waals surface area contributed by atoms with Crippen molar-refractivity contribution < 1.29 is 9.50 Å². The zero-order valence-electron chi connectivity index (χ0n) is 20.6. The number of aliphatic hydroxyl groups excluding tert-OH is 1. The summed E-state index contributed by atoms with van der Waals surface area (Å²) < 4.78 is 17.0. The first-order chi connectivity index (χ1) is 17.6. The van der Waals surface area contributed by atoms with E-state index in [1.54, 1.807) is 30.5 Å². The van der Waals surface area contributed by atoms with E-state index in [1.165, 1.54) is 19.3 Å². The number of hydrogen-bond acceptors (Lipinski definition) is 6. The van der Waals surface area contributed by atoms with Crippen molar-refractivity contribution in [2.45, 2.75) is 57.4 Å². The van der Waals surface area contributed by atoms with Crippen molar-refractivity contribution >= 4 is 28.4 Å². The highest BCUT2D eigenvalue weighted by Crippen LogP contribution is 2.50. The molecule has 1 saturated heterocycles. The number of rotatable bonds is 7. The van der Waals surface area contributed by atoms with Crippen LogP contribution in [0.1, 0.15) is 57.4 Å². The number of hydrogen-bond donors (Lipinski definition) is 2. The van der Waals surface area contributed by atoms with Gasteiger partial charge in [-0.3, -0.25) is 9.36 Å². The van der Waals surface area contributed by atoms with Crippen LogP contribution in [-0.4, -0.2) is 39.3 Å². The lowest BCUT2D eigenvalue weighted by molar-refractivity contribution is 0.261. The van der Waals surface area contributed by atoms with Gasteiger partial charge in [-0.2, -0.15) is 4.98 Å². The molecule has 2 aliphatic carbocycles. The Balaban J connectivity index is 1.21. The molecule has 36 heavy (non-hydrogen) atoms. The normalized spacial score (nSPS) is 24.1. The van der Waals surface area contributed by atoms with E-state index in [0.717, 1.165) is 56.3 Å². The SMILES string of the molecule is O=c1ccc2cnc(Nc3ccc(N4CCC(CCCO)CC4)cc3F)nc2n1[C@@H]1CC2CCC1C2.